The van der Waals surface area contributed by atoms with Gasteiger partial charge in [0.15, 0.2) is 0 Å². The van der Waals surface area contributed by atoms with Crippen molar-refractivity contribution in [3.63, 3.8) is 0 Å². The average Bonchev–Trinajstić information content (AvgIpc) is 2.59. The summed E-state index contributed by atoms with van der Waals surface area (Å²) in [4.78, 5) is 12.1. The maximum atomic E-state index is 12.1. The molecule has 0 atom stereocenters. The third-order valence-corrected chi connectivity index (χ3v) is 4.88. The minimum absolute atomic E-state index is 0.128. The number of hydrogen-bond acceptors (Lipinski definition) is 3. The van der Waals surface area contributed by atoms with E-state index in [0.717, 1.165) is 32.1 Å². The van der Waals surface area contributed by atoms with Crippen molar-refractivity contribution in [2.24, 2.45) is 0 Å². The van der Waals surface area contributed by atoms with Crippen LogP contribution in [0.3, 0.4) is 0 Å². The molecular weight excluding hydrogens is 312 g/mol. The van der Waals surface area contributed by atoms with Gasteiger partial charge in [-0.3, -0.25) is 0 Å². The molecule has 1 aromatic rings. The molecule has 1 aromatic heterocycles. The van der Waals surface area contributed by atoms with Crippen molar-refractivity contribution in [1.82, 2.24) is 0 Å². The molecule has 0 saturated heterocycles. The Morgan fingerprint density at radius 3 is 1.76 bits per heavy atom. The molecule has 3 heteroatoms. The quantitative estimate of drug-likeness (QED) is 0.365. The summed E-state index contributed by atoms with van der Waals surface area (Å²) in [6.45, 7) is 4.43. The van der Waals surface area contributed by atoms with E-state index in [9.17, 15) is 9.90 Å². The van der Waals surface area contributed by atoms with Gasteiger partial charge in [-0.2, -0.15) is 0 Å². The fourth-order valence-corrected chi connectivity index (χ4v) is 3.25. The van der Waals surface area contributed by atoms with E-state index in [1.807, 2.05) is 0 Å². The molecule has 0 bridgehead atoms. The van der Waals surface area contributed by atoms with E-state index >= 15 is 0 Å². The van der Waals surface area contributed by atoms with Crippen LogP contribution in [0.1, 0.15) is 109 Å². The van der Waals surface area contributed by atoms with Crippen LogP contribution in [0.4, 0.5) is 0 Å². The smallest absolute Gasteiger partial charge is 0.342 e. The van der Waals surface area contributed by atoms with Gasteiger partial charge in [0.1, 0.15) is 11.5 Å². The SMILES string of the molecule is CCCCCCCCCc1c(O)cc(CCCCCCCC)oc1=O. The van der Waals surface area contributed by atoms with Crippen molar-refractivity contribution in [3.05, 3.63) is 27.8 Å². The first-order chi connectivity index (χ1) is 12.2. The number of aryl methyl sites for hydroxylation is 1. The van der Waals surface area contributed by atoms with Gasteiger partial charge in [-0.15, -0.1) is 0 Å². The zero-order valence-corrected chi connectivity index (χ0v) is 16.4. The monoisotopic (exact) mass is 350 g/mol. The molecule has 0 aliphatic rings. The summed E-state index contributed by atoms with van der Waals surface area (Å²) in [7, 11) is 0. The number of hydrogen-bond donors (Lipinski definition) is 1. The highest BCUT2D eigenvalue weighted by Gasteiger charge is 2.11. The Kier molecular flexibility index (Phi) is 12.2. The summed E-state index contributed by atoms with van der Waals surface area (Å²) < 4.78 is 5.41. The molecule has 144 valence electrons. The number of aromatic hydroxyl groups is 1. The third-order valence-electron chi connectivity index (χ3n) is 4.88. The van der Waals surface area contributed by atoms with Crippen LogP contribution in [-0.2, 0) is 12.8 Å². The molecule has 0 radical (unpaired) electrons. The molecule has 0 spiro atoms. The Bertz CT molecular complexity index is 504. The van der Waals surface area contributed by atoms with Crippen molar-refractivity contribution >= 4 is 0 Å². The third kappa shape index (κ3) is 9.72. The maximum absolute atomic E-state index is 12.1. The molecular formula is C22H38O3. The van der Waals surface area contributed by atoms with E-state index in [2.05, 4.69) is 13.8 Å². The number of rotatable bonds is 15. The molecule has 1 heterocycles. The summed E-state index contributed by atoms with van der Waals surface area (Å²) in [5, 5.41) is 10.2. The van der Waals surface area contributed by atoms with Crippen LogP contribution in [0, 0.1) is 0 Å². The normalized spacial score (nSPS) is 11.1. The number of unbranched alkanes of at least 4 members (excludes halogenated alkanes) is 11. The molecule has 1 N–H and O–H groups in total. The first-order valence-corrected chi connectivity index (χ1v) is 10.5. The molecule has 0 fully saturated rings. The Balaban J connectivity index is 2.31. The van der Waals surface area contributed by atoms with Crippen molar-refractivity contribution in [2.45, 2.75) is 110 Å². The molecule has 0 aliphatic carbocycles. The molecule has 0 aromatic carbocycles. The van der Waals surface area contributed by atoms with Crippen molar-refractivity contribution in [2.75, 3.05) is 0 Å². The van der Waals surface area contributed by atoms with E-state index in [-0.39, 0.29) is 11.4 Å². The summed E-state index contributed by atoms with van der Waals surface area (Å²) >= 11 is 0. The van der Waals surface area contributed by atoms with Crippen molar-refractivity contribution in [1.29, 1.82) is 0 Å². The Morgan fingerprint density at radius 1 is 0.760 bits per heavy atom. The first-order valence-electron chi connectivity index (χ1n) is 10.5. The van der Waals surface area contributed by atoms with Gasteiger partial charge in [-0.1, -0.05) is 84.5 Å². The fraction of sp³-hybridized carbons (Fsp3) is 0.773. The van der Waals surface area contributed by atoms with Gasteiger partial charge in [0.2, 0.25) is 0 Å². The van der Waals surface area contributed by atoms with Crippen LogP contribution >= 0.6 is 0 Å². The maximum Gasteiger partial charge on any atom is 0.342 e. The Labute approximate surface area is 153 Å². The zero-order chi connectivity index (χ0) is 18.3. The van der Waals surface area contributed by atoms with Gasteiger partial charge in [0, 0.05) is 12.5 Å². The second-order valence-electron chi connectivity index (χ2n) is 7.25. The Morgan fingerprint density at radius 2 is 1.24 bits per heavy atom. The minimum Gasteiger partial charge on any atom is -0.507 e. The van der Waals surface area contributed by atoms with Gasteiger partial charge in [0.05, 0.1) is 5.56 Å². The fourth-order valence-electron chi connectivity index (χ4n) is 3.25. The molecule has 1 rings (SSSR count). The van der Waals surface area contributed by atoms with Gasteiger partial charge in [-0.05, 0) is 19.3 Å². The second kappa shape index (κ2) is 14.0. The van der Waals surface area contributed by atoms with Gasteiger partial charge < -0.3 is 9.52 Å². The summed E-state index contributed by atoms with van der Waals surface area (Å²) in [5.41, 5.74) is 0.118. The van der Waals surface area contributed by atoms with E-state index < -0.39 is 0 Å². The van der Waals surface area contributed by atoms with Gasteiger partial charge in [0.25, 0.3) is 0 Å². The van der Waals surface area contributed by atoms with Crippen molar-refractivity contribution < 1.29 is 9.52 Å². The molecule has 0 amide bonds. The highest BCUT2D eigenvalue weighted by atomic mass is 16.4. The van der Waals surface area contributed by atoms with E-state index in [1.165, 1.54) is 57.8 Å². The molecule has 25 heavy (non-hydrogen) atoms. The van der Waals surface area contributed by atoms with Crippen LogP contribution in [0.5, 0.6) is 5.75 Å². The lowest BCUT2D eigenvalue weighted by atomic mass is 10.0. The molecule has 3 nitrogen and oxygen atoms in total. The highest BCUT2D eigenvalue weighted by molar-refractivity contribution is 5.30. The van der Waals surface area contributed by atoms with E-state index in [1.54, 1.807) is 6.07 Å². The van der Waals surface area contributed by atoms with Crippen LogP contribution in [0.2, 0.25) is 0 Å². The highest BCUT2D eigenvalue weighted by Crippen LogP contribution is 2.19. The van der Waals surface area contributed by atoms with Crippen LogP contribution in [0.15, 0.2) is 15.3 Å². The minimum atomic E-state index is -0.341. The predicted octanol–water partition coefficient (Wildman–Crippen LogP) is 6.54. The van der Waals surface area contributed by atoms with Crippen LogP contribution in [0.25, 0.3) is 0 Å². The summed E-state index contributed by atoms with van der Waals surface area (Å²) in [6.07, 6.45) is 17.0. The zero-order valence-electron chi connectivity index (χ0n) is 16.4. The average molecular weight is 351 g/mol. The van der Waals surface area contributed by atoms with E-state index in [0.29, 0.717) is 17.7 Å². The second-order valence-corrected chi connectivity index (χ2v) is 7.25. The lowest BCUT2D eigenvalue weighted by Gasteiger charge is -2.06. The van der Waals surface area contributed by atoms with Gasteiger partial charge in [-0.25, -0.2) is 4.79 Å². The van der Waals surface area contributed by atoms with Gasteiger partial charge >= 0.3 is 5.63 Å². The largest absolute Gasteiger partial charge is 0.507 e. The van der Waals surface area contributed by atoms with E-state index in [4.69, 9.17) is 4.42 Å². The lowest BCUT2D eigenvalue weighted by Crippen LogP contribution is -2.09. The topological polar surface area (TPSA) is 50.4 Å². The lowest BCUT2D eigenvalue weighted by molar-refractivity contribution is 0.405. The van der Waals surface area contributed by atoms with Crippen molar-refractivity contribution in [3.8, 4) is 5.75 Å². The molecule has 0 unspecified atom stereocenters. The predicted molar refractivity (Wildman–Crippen MR) is 105 cm³/mol. The Hall–Kier alpha value is -1.25. The molecule has 0 saturated carbocycles. The summed E-state index contributed by atoms with van der Waals surface area (Å²) in [5.74, 6) is 0.754. The first kappa shape index (κ1) is 21.8. The summed E-state index contributed by atoms with van der Waals surface area (Å²) in [6, 6.07) is 1.66. The standard InChI is InChI=1S/C22H38O3/c1-3-5-7-9-11-13-15-17-20-21(23)18-19(25-22(20)24)16-14-12-10-8-6-4-2/h18,23H,3-17H2,1-2H3. The van der Waals surface area contributed by atoms with Crippen LogP contribution < -0.4 is 5.63 Å². The molecule has 0 aliphatic heterocycles. The van der Waals surface area contributed by atoms with Crippen LogP contribution in [-0.4, -0.2) is 5.11 Å².